The molecule has 0 N–H and O–H groups in total. The molecule has 2 nitrogen and oxygen atoms in total. The zero-order valence-electron chi connectivity index (χ0n) is 16.4. The maximum absolute atomic E-state index is 5.74. The molecule has 0 unspecified atom stereocenters. The average molecular weight is 380 g/mol. The highest BCUT2D eigenvalue weighted by atomic mass is 16.3. The standard InChI is InChI=1S/C27H25NO/c1-2-20-28(22-26-19-12-21-29-26)27(23-13-6-3-7-14-23,24-15-8-4-9-16-24)25-17-10-5-11-18-25/h2-19,21H,1,20,22H2. The molecule has 0 bridgehead atoms. The van der Waals surface area contributed by atoms with Crippen molar-refractivity contribution in [3.63, 3.8) is 0 Å². The predicted molar refractivity (Wildman–Crippen MR) is 119 cm³/mol. The molecule has 4 rings (SSSR count). The van der Waals surface area contributed by atoms with Gasteiger partial charge in [-0.3, -0.25) is 4.90 Å². The minimum absolute atomic E-state index is 0.481. The molecule has 0 aliphatic heterocycles. The van der Waals surface area contributed by atoms with E-state index < -0.39 is 5.54 Å². The molecule has 0 saturated carbocycles. The van der Waals surface area contributed by atoms with E-state index in [-0.39, 0.29) is 0 Å². The van der Waals surface area contributed by atoms with Crippen LogP contribution in [-0.4, -0.2) is 11.4 Å². The monoisotopic (exact) mass is 379 g/mol. The smallest absolute Gasteiger partial charge is 0.117 e. The van der Waals surface area contributed by atoms with Crippen LogP contribution < -0.4 is 0 Å². The van der Waals surface area contributed by atoms with Gasteiger partial charge in [0.05, 0.1) is 18.3 Å². The number of furan rings is 1. The summed E-state index contributed by atoms with van der Waals surface area (Å²) in [5, 5.41) is 0. The third-order valence-corrected chi connectivity index (χ3v) is 5.33. The molecule has 2 heteroatoms. The first-order chi connectivity index (χ1) is 14.4. The van der Waals surface area contributed by atoms with Crippen LogP contribution in [0.1, 0.15) is 22.5 Å². The summed E-state index contributed by atoms with van der Waals surface area (Å²) in [5.74, 6) is 0.930. The van der Waals surface area contributed by atoms with Gasteiger partial charge in [0, 0.05) is 6.54 Å². The molecule has 4 aromatic rings. The Labute approximate surface area is 172 Å². The Balaban J connectivity index is 2.02. The normalized spacial score (nSPS) is 11.5. The van der Waals surface area contributed by atoms with Gasteiger partial charge < -0.3 is 4.42 Å². The second-order valence-corrected chi connectivity index (χ2v) is 7.06. The molecule has 144 valence electrons. The van der Waals surface area contributed by atoms with Crippen molar-refractivity contribution < 1.29 is 4.42 Å². The summed E-state index contributed by atoms with van der Waals surface area (Å²) in [6.07, 6.45) is 3.70. The van der Waals surface area contributed by atoms with Gasteiger partial charge in [0.2, 0.25) is 0 Å². The highest BCUT2D eigenvalue weighted by molar-refractivity contribution is 5.49. The van der Waals surface area contributed by atoms with Crippen molar-refractivity contribution in [1.29, 1.82) is 0 Å². The Morgan fingerprint density at radius 2 is 1.17 bits per heavy atom. The van der Waals surface area contributed by atoms with Crippen LogP contribution in [0.2, 0.25) is 0 Å². The fourth-order valence-corrected chi connectivity index (χ4v) is 4.15. The highest BCUT2D eigenvalue weighted by Crippen LogP contribution is 2.43. The van der Waals surface area contributed by atoms with E-state index in [0.717, 1.165) is 5.76 Å². The quantitative estimate of drug-likeness (QED) is 0.265. The van der Waals surface area contributed by atoms with Gasteiger partial charge in [-0.05, 0) is 28.8 Å². The molecule has 0 aliphatic rings. The fraction of sp³-hybridized carbons (Fsp3) is 0.111. The Morgan fingerprint density at radius 1 is 0.690 bits per heavy atom. The summed E-state index contributed by atoms with van der Waals surface area (Å²) in [6.45, 7) is 5.42. The molecule has 1 aromatic heterocycles. The van der Waals surface area contributed by atoms with E-state index in [1.807, 2.05) is 18.2 Å². The third kappa shape index (κ3) is 3.67. The Morgan fingerprint density at radius 3 is 1.55 bits per heavy atom. The SMILES string of the molecule is C=CCN(Cc1ccco1)C(c1ccccc1)(c1ccccc1)c1ccccc1. The molecule has 0 amide bonds. The van der Waals surface area contributed by atoms with E-state index in [2.05, 4.69) is 102 Å². The zero-order valence-corrected chi connectivity index (χ0v) is 16.4. The van der Waals surface area contributed by atoms with Gasteiger partial charge in [-0.2, -0.15) is 0 Å². The molecule has 0 radical (unpaired) electrons. The Hall–Kier alpha value is -3.36. The molecule has 0 aliphatic carbocycles. The van der Waals surface area contributed by atoms with Gasteiger partial charge in [-0.25, -0.2) is 0 Å². The molecule has 0 spiro atoms. The van der Waals surface area contributed by atoms with Crippen molar-refractivity contribution >= 4 is 0 Å². The Bertz CT molecular complexity index is 911. The van der Waals surface area contributed by atoms with E-state index in [1.54, 1.807) is 6.26 Å². The van der Waals surface area contributed by atoms with E-state index in [9.17, 15) is 0 Å². The van der Waals surface area contributed by atoms with Gasteiger partial charge in [0.25, 0.3) is 0 Å². The first-order valence-corrected chi connectivity index (χ1v) is 9.90. The number of hydrogen-bond acceptors (Lipinski definition) is 2. The lowest BCUT2D eigenvalue weighted by molar-refractivity contribution is 0.154. The minimum atomic E-state index is -0.481. The molecule has 3 aromatic carbocycles. The summed E-state index contributed by atoms with van der Waals surface area (Å²) in [6, 6.07) is 36.0. The van der Waals surface area contributed by atoms with Gasteiger partial charge in [-0.1, -0.05) is 97.1 Å². The lowest BCUT2D eigenvalue weighted by Crippen LogP contribution is -2.47. The van der Waals surface area contributed by atoms with Crippen molar-refractivity contribution in [2.75, 3.05) is 6.54 Å². The molecular weight excluding hydrogens is 354 g/mol. The topological polar surface area (TPSA) is 16.4 Å². The van der Waals surface area contributed by atoms with Crippen LogP contribution >= 0.6 is 0 Å². The first-order valence-electron chi connectivity index (χ1n) is 9.90. The molecule has 0 saturated heterocycles. The van der Waals surface area contributed by atoms with Crippen LogP contribution in [0.15, 0.2) is 126 Å². The zero-order chi connectivity index (χ0) is 19.9. The van der Waals surface area contributed by atoms with Crippen LogP contribution in [-0.2, 0) is 12.1 Å². The van der Waals surface area contributed by atoms with E-state index >= 15 is 0 Å². The van der Waals surface area contributed by atoms with Gasteiger partial charge in [0.15, 0.2) is 0 Å². The summed E-state index contributed by atoms with van der Waals surface area (Å²) < 4.78 is 5.74. The largest absolute Gasteiger partial charge is 0.468 e. The predicted octanol–water partition coefficient (Wildman–Crippen LogP) is 6.26. The van der Waals surface area contributed by atoms with Crippen LogP contribution in [0.25, 0.3) is 0 Å². The maximum Gasteiger partial charge on any atom is 0.117 e. The number of rotatable bonds is 8. The second-order valence-electron chi connectivity index (χ2n) is 7.06. The maximum atomic E-state index is 5.74. The van der Waals surface area contributed by atoms with Crippen molar-refractivity contribution in [3.8, 4) is 0 Å². The van der Waals surface area contributed by atoms with Crippen LogP contribution in [0.4, 0.5) is 0 Å². The summed E-state index contributed by atoms with van der Waals surface area (Å²) >= 11 is 0. The van der Waals surface area contributed by atoms with Crippen LogP contribution in [0.3, 0.4) is 0 Å². The highest BCUT2D eigenvalue weighted by Gasteiger charge is 2.41. The molecular formula is C27H25NO. The number of nitrogens with zero attached hydrogens (tertiary/aromatic N) is 1. The first kappa shape index (κ1) is 19.0. The van der Waals surface area contributed by atoms with Gasteiger partial charge in [-0.15, -0.1) is 6.58 Å². The van der Waals surface area contributed by atoms with Crippen molar-refractivity contribution in [2.45, 2.75) is 12.1 Å². The third-order valence-electron chi connectivity index (χ3n) is 5.33. The minimum Gasteiger partial charge on any atom is -0.468 e. The van der Waals surface area contributed by atoms with Gasteiger partial charge >= 0.3 is 0 Å². The van der Waals surface area contributed by atoms with E-state index in [1.165, 1.54) is 16.7 Å². The fourth-order valence-electron chi connectivity index (χ4n) is 4.15. The van der Waals surface area contributed by atoms with Crippen LogP contribution in [0.5, 0.6) is 0 Å². The summed E-state index contributed by atoms with van der Waals surface area (Å²) in [4.78, 5) is 2.43. The van der Waals surface area contributed by atoms with E-state index in [4.69, 9.17) is 4.42 Å². The summed E-state index contributed by atoms with van der Waals surface area (Å²) in [7, 11) is 0. The molecule has 0 fully saturated rings. The van der Waals surface area contributed by atoms with Crippen molar-refractivity contribution in [3.05, 3.63) is 144 Å². The van der Waals surface area contributed by atoms with Crippen molar-refractivity contribution in [2.24, 2.45) is 0 Å². The Kier molecular flexibility index (Phi) is 5.73. The number of benzene rings is 3. The van der Waals surface area contributed by atoms with Gasteiger partial charge in [0.1, 0.15) is 5.76 Å². The van der Waals surface area contributed by atoms with Crippen molar-refractivity contribution in [1.82, 2.24) is 4.90 Å². The van der Waals surface area contributed by atoms with Crippen LogP contribution in [0, 0.1) is 0 Å². The second kappa shape index (κ2) is 8.76. The average Bonchev–Trinajstić information content (AvgIpc) is 3.30. The molecule has 1 heterocycles. The number of hydrogen-bond donors (Lipinski definition) is 0. The lowest BCUT2D eigenvalue weighted by Gasteiger charge is -2.45. The molecule has 0 atom stereocenters. The lowest BCUT2D eigenvalue weighted by atomic mass is 9.75. The van der Waals surface area contributed by atoms with E-state index in [0.29, 0.717) is 13.1 Å². The summed E-state index contributed by atoms with van der Waals surface area (Å²) in [5.41, 5.74) is 3.16. The molecule has 29 heavy (non-hydrogen) atoms.